The quantitative estimate of drug-likeness (QED) is 0.663. The SMILES string of the molecule is Cc1cc(OCc2ccc(F)cc2F)c(Br)c(=O)n1Cc1cnc(N)cn1. The van der Waals surface area contributed by atoms with Gasteiger partial charge in [0.25, 0.3) is 5.56 Å². The number of anilines is 1. The van der Waals surface area contributed by atoms with Crippen molar-refractivity contribution in [1.29, 1.82) is 0 Å². The molecule has 0 saturated carbocycles. The van der Waals surface area contributed by atoms with Gasteiger partial charge in [-0.3, -0.25) is 9.78 Å². The highest BCUT2D eigenvalue weighted by molar-refractivity contribution is 9.10. The van der Waals surface area contributed by atoms with Crippen LogP contribution in [0.4, 0.5) is 14.6 Å². The van der Waals surface area contributed by atoms with E-state index in [4.69, 9.17) is 10.5 Å². The van der Waals surface area contributed by atoms with E-state index in [0.29, 0.717) is 17.2 Å². The Morgan fingerprint density at radius 2 is 2.00 bits per heavy atom. The molecule has 0 aliphatic rings. The van der Waals surface area contributed by atoms with E-state index < -0.39 is 11.6 Å². The molecule has 0 bridgehead atoms. The summed E-state index contributed by atoms with van der Waals surface area (Å²) in [7, 11) is 0. The van der Waals surface area contributed by atoms with Gasteiger partial charge in [-0.15, -0.1) is 0 Å². The maximum Gasteiger partial charge on any atom is 0.269 e. The molecule has 0 atom stereocenters. The lowest BCUT2D eigenvalue weighted by atomic mass is 10.2. The van der Waals surface area contributed by atoms with Gasteiger partial charge in [-0.2, -0.15) is 0 Å². The Bertz CT molecular complexity index is 1040. The van der Waals surface area contributed by atoms with Crippen molar-refractivity contribution in [1.82, 2.24) is 14.5 Å². The van der Waals surface area contributed by atoms with Crippen molar-refractivity contribution >= 4 is 21.7 Å². The first-order valence-corrected chi connectivity index (χ1v) is 8.67. The normalized spacial score (nSPS) is 10.8. The molecule has 0 radical (unpaired) electrons. The molecule has 0 unspecified atom stereocenters. The molecule has 0 aliphatic carbocycles. The minimum absolute atomic E-state index is 0.142. The number of nitrogen functional groups attached to an aromatic ring is 1. The Morgan fingerprint density at radius 3 is 2.67 bits per heavy atom. The molecule has 0 spiro atoms. The van der Waals surface area contributed by atoms with Gasteiger partial charge in [0.15, 0.2) is 0 Å². The second-order valence-corrected chi connectivity index (χ2v) is 6.61. The average Bonchev–Trinajstić information content (AvgIpc) is 2.63. The smallest absolute Gasteiger partial charge is 0.269 e. The summed E-state index contributed by atoms with van der Waals surface area (Å²) >= 11 is 3.23. The van der Waals surface area contributed by atoms with E-state index in [1.165, 1.54) is 23.0 Å². The van der Waals surface area contributed by atoms with Gasteiger partial charge in [0.05, 0.1) is 24.6 Å². The van der Waals surface area contributed by atoms with Crippen LogP contribution in [0, 0.1) is 18.6 Å². The lowest BCUT2D eigenvalue weighted by Gasteiger charge is -2.14. The van der Waals surface area contributed by atoms with E-state index >= 15 is 0 Å². The van der Waals surface area contributed by atoms with Crippen LogP contribution < -0.4 is 16.0 Å². The molecule has 27 heavy (non-hydrogen) atoms. The molecule has 2 heterocycles. The average molecular weight is 437 g/mol. The van der Waals surface area contributed by atoms with Crippen LogP contribution in [-0.2, 0) is 13.2 Å². The highest BCUT2D eigenvalue weighted by atomic mass is 79.9. The summed E-state index contributed by atoms with van der Waals surface area (Å²) in [5, 5.41) is 0. The zero-order valence-corrected chi connectivity index (χ0v) is 15.8. The van der Waals surface area contributed by atoms with Crippen LogP contribution in [0.2, 0.25) is 0 Å². The predicted octanol–water partition coefficient (Wildman–Crippen LogP) is 3.20. The Morgan fingerprint density at radius 1 is 1.22 bits per heavy atom. The molecule has 6 nitrogen and oxygen atoms in total. The summed E-state index contributed by atoms with van der Waals surface area (Å²) < 4.78 is 34.0. The molecule has 9 heteroatoms. The van der Waals surface area contributed by atoms with E-state index in [0.717, 1.165) is 12.1 Å². The third-order valence-corrected chi connectivity index (χ3v) is 4.59. The maximum absolute atomic E-state index is 13.7. The maximum atomic E-state index is 13.7. The molecule has 0 aliphatic heterocycles. The van der Waals surface area contributed by atoms with Gasteiger partial charge >= 0.3 is 0 Å². The Labute approximate surface area is 161 Å². The summed E-state index contributed by atoms with van der Waals surface area (Å²) in [4.78, 5) is 20.7. The lowest BCUT2D eigenvalue weighted by Crippen LogP contribution is -2.24. The van der Waals surface area contributed by atoms with Crippen molar-refractivity contribution in [3.8, 4) is 5.75 Å². The minimum Gasteiger partial charge on any atom is -0.487 e. The van der Waals surface area contributed by atoms with Gasteiger partial charge in [-0.05, 0) is 35.0 Å². The van der Waals surface area contributed by atoms with Crippen molar-refractivity contribution in [2.45, 2.75) is 20.1 Å². The first-order chi connectivity index (χ1) is 12.8. The van der Waals surface area contributed by atoms with Crippen molar-refractivity contribution in [3.63, 3.8) is 0 Å². The number of nitrogens with two attached hydrogens (primary N) is 1. The molecule has 140 valence electrons. The number of nitrogens with zero attached hydrogens (tertiary/aromatic N) is 3. The largest absolute Gasteiger partial charge is 0.487 e. The van der Waals surface area contributed by atoms with E-state index in [-0.39, 0.29) is 34.5 Å². The molecule has 2 aromatic heterocycles. The molecule has 3 rings (SSSR count). The Hall–Kier alpha value is -2.81. The van der Waals surface area contributed by atoms with Crippen LogP contribution >= 0.6 is 15.9 Å². The number of pyridine rings is 1. The summed E-state index contributed by atoms with van der Waals surface area (Å²) in [5.74, 6) is -0.818. The van der Waals surface area contributed by atoms with Crippen molar-refractivity contribution in [2.24, 2.45) is 0 Å². The second-order valence-electron chi connectivity index (χ2n) is 5.81. The highest BCUT2D eigenvalue weighted by Gasteiger charge is 2.14. The fourth-order valence-corrected chi connectivity index (χ4v) is 2.86. The van der Waals surface area contributed by atoms with Crippen LogP contribution in [0.3, 0.4) is 0 Å². The van der Waals surface area contributed by atoms with Gasteiger partial charge in [-0.25, -0.2) is 13.8 Å². The highest BCUT2D eigenvalue weighted by Crippen LogP contribution is 2.24. The van der Waals surface area contributed by atoms with Crippen molar-refractivity contribution in [2.75, 3.05) is 5.73 Å². The number of ether oxygens (including phenoxy) is 1. The topological polar surface area (TPSA) is 83.0 Å². The monoisotopic (exact) mass is 436 g/mol. The van der Waals surface area contributed by atoms with Crippen LogP contribution in [0.5, 0.6) is 5.75 Å². The van der Waals surface area contributed by atoms with E-state index in [1.54, 1.807) is 13.0 Å². The number of halogens is 3. The zero-order chi connectivity index (χ0) is 19.6. The molecule has 3 aromatic rings. The van der Waals surface area contributed by atoms with Crippen molar-refractivity contribution < 1.29 is 13.5 Å². The third kappa shape index (κ3) is 4.30. The van der Waals surface area contributed by atoms with E-state index in [1.807, 2.05) is 0 Å². The number of aromatic nitrogens is 3. The van der Waals surface area contributed by atoms with Gasteiger partial charge in [0, 0.05) is 23.4 Å². The van der Waals surface area contributed by atoms with Crippen LogP contribution in [0.15, 0.2) is 45.9 Å². The number of hydrogen-bond acceptors (Lipinski definition) is 5. The molecular formula is C18H15BrF2N4O2. The molecule has 0 saturated heterocycles. The van der Waals surface area contributed by atoms with Crippen molar-refractivity contribution in [3.05, 3.63) is 80.1 Å². The van der Waals surface area contributed by atoms with E-state index in [2.05, 4.69) is 25.9 Å². The van der Waals surface area contributed by atoms with Crippen LogP contribution in [0.25, 0.3) is 0 Å². The number of benzene rings is 1. The summed E-state index contributed by atoms with van der Waals surface area (Å²) in [6, 6.07) is 4.88. The number of hydrogen-bond donors (Lipinski definition) is 1. The van der Waals surface area contributed by atoms with Gasteiger partial charge in [-0.1, -0.05) is 0 Å². The second kappa shape index (κ2) is 7.83. The summed E-state index contributed by atoms with van der Waals surface area (Å²) in [6.07, 6.45) is 2.91. The van der Waals surface area contributed by atoms with Gasteiger partial charge in [0.2, 0.25) is 0 Å². The first-order valence-electron chi connectivity index (χ1n) is 7.88. The summed E-state index contributed by atoms with van der Waals surface area (Å²) in [5.41, 5.74) is 6.56. The van der Waals surface area contributed by atoms with E-state index in [9.17, 15) is 13.6 Å². The van der Waals surface area contributed by atoms with Gasteiger partial charge < -0.3 is 15.0 Å². The summed E-state index contributed by atoms with van der Waals surface area (Å²) in [6.45, 7) is 1.81. The first kappa shape index (κ1) is 19.0. The molecule has 0 fully saturated rings. The molecule has 0 amide bonds. The lowest BCUT2D eigenvalue weighted by molar-refractivity contribution is 0.295. The number of aryl methyl sites for hydroxylation is 1. The molecule has 1 aromatic carbocycles. The zero-order valence-electron chi connectivity index (χ0n) is 14.2. The Balaban J connectivity index is 1.83. The number of rotatable bonds is 5. The Kier molecular flexibility index (Phi) is 5.50. The fraction of sp³-hybridized carbons (Fsp3) is 0.167. The molecule has 2 N–H and O–H groups in total. The third-order valence-electron chi connectivity index (χ3n) is 3.86. The standard InChI is InChI=1S/C18H15BrF2N4O2/c1-10-4-15(27-9-11-2-3-12(20)5-14(11)21)17(19)18(26)25(10)8-13-6-24-16(22)7-23-13/h2-7H,8-9H2,1H3,(H2,22,24). The molecular weight excluding hydrogens is 422 g/mol. The van der Waals surface area contributed by atoms with Crippen LogP contribution in [-0.4, -0.2) is 14.5 Å². The predicted molar refractivity (Wildman–Crippen MR) is 99.4 cm³/mol. The van der Waals surface area contributed by atoms with Crippen LogP contribution in [0.1, 0.15) is 17.0 Å². The van der Waals surface area contributed by atoms with Gasteiger partial charge in [0.1, 0.15) is 34.3 Å². The fourth-order valence-electron chi connectivity index (χ4n) is 2.42. The minimum atomic E-state index is -0.710.